The molecule has 6 heteroatoms. The Morgan fingerprint density at radius 2 is 2.32 bits per heavy atom. The van der Waals surface area contributed by atoms with Gasteiger partial charge in [-0.2, -0.15) is 0 Å². The molecule has 0 saturated heterocycles. The van der Waals surface area contributed by atoms with Gasteiger partial charge in [-0.05, 0) is 18.6 Å². The molecule has 0 aromatic carbocycles. The van der Waals surface area contributed by atoms with Crippen molar-refractivity contribution >= 4 is 11.7 Å². The standard InChI is InChI=1S/C13H15N5O/c1-8-2-3-12(15-5-8)18-13(19)10-4-9-11(6-14-10)17-7-16-9/h2-3,5,7,10,14H,4,6H2,1H3,(H,16,17)(H,15,18,19). The highest BCUT2D eigenvalue weighted by atomic mass is 16.2. The predicted octanol–water partition coefficient (Wildman–Crippen LogP) is 0.766. The molecule has 98 valence electrons. The summed E-state index contributed by atoms with van der Waals surface area (Å²) in [5, 5.41) is 5.99. The molecule has 3 heterocycles. The van der Waals surface area contributed by atoms with E-state index in [1.54, 1.807) is 18.6 Å². The van der Waals surface area contributed by atoms with E-state index < -0.39 is 0 Å². The Bertz CT molecular complexity index is 589. The molecule has 1 amide bonds. The maximum Gasteiger partial charge on any atom is 0.243 e. The van der Waals surface area contributed by atoms with Crippen molar-refractivity contribution in [2.24, 2.45) is 0 Å². The molecule has 2 aromatic heterocycles. The highest BCUT2D eigenvalue weighted by molar-refractivity contribution is 5.94. The number of hydrogen-bond acceptors (Lipinski definition) is 4. The fourth-order valence-corrected chi connectivity index (χ4v) is 2.11. The minimum absolute atomic E-state index is 0.0787. The lowest BCUT2D eigenvalue weighted by Gasteiger charge is -2.22. The van der Waals surface area contributed by atoms with Gasteiger partial charge in [-0.25, -0.2) is 9.97 Å². The number of nitrogens with one attached hydrogen (secondary N) is 3. The number of aromatic amines is 1. The van der Waals surface area contributed by atoms with Crippen LogP contribution >= 0.6 is 0 Å². The number of amides is 1. The van der Waals surface area contributed by atoms with Crippen LogP contribution in [0.25, 0.3) is 0 Å². The Balaban J connectivity index is 1.67. The van der Waals surface area contributed by atoms with Gasteiger partial charge in [0.15, 0.2) is 0 Å². The molecule has 1 atom stereocenters. The molecule has 0 saturated carbocycles. The summed E-state index contributed by atoms with van der Waals surface area (Å²) in [7, 11) is 0. The third-order valence-corrected chi connectivity index (χ3v) is 3.21. The minimum atomic E-state index is -0.265. The van der Waals surface area contributed by atoms with Crippen molar-refractivity contribution in [1.29, 1.82) is 0 Å². The first-order valence-corrected chi connectivity index (χ1v) is 6.20. The molecule has 6 nitrogen and oxygen atoms in total. The van der Waals surface area contributed by atoms with Crippen molar-refractivity contribution < 1.29 is 4.79 Å². The van der Waals surface area contributed by atoms with Crippen LogP contribution in [-0.4, -0.2) is 26.9 Å². The van der Waals surface area contributed by atoms with Gasteiger partial charge in [0.05, 0.1) is 23.8 Å². The second-order valence-electron chi connectivity index (χ2n) is 4.68. The molecule has 0 radical (unpaired) electrons. The zero-order valence-corrected chi connectivity index (χ0v) is 10.6. The Morgan fingerprint density at radius 1 is 1.42 bits per heavy atom. The molecule has 3 N–H and O–H groups in total. The summed E-state index contributed by atoms with van der Waals surface area (Å²) in [4.78, 5) is 23.6. The molecule has 0 spiro atoms. The smallest absolute Gasteiger partial charge is 0.243 e. The SMILES string of the molecule is Cc1ccc(NC(=O)C2Cc3nc[nH]c3CN2)nc1. The van der Waals surface area contributed by atoms with Gasteiger partial charge in [0.2, 0.25) is 5.91 Å². The molecular formula is C13H15N5O. The van der Waals surface area contributed by atoms with E-state index in [4.69, 9.17) is 0 Å². The van der Waals surface area contributed by atoms with Gasteiger partial charge in [-0.15, -0.1) is 0 Å². The molecule has 2 aromatic rings. The monoisotopic (exact) mass is 257 g/mol. The second kappa shape index (κ2) is 4.81. The number of carbonyl (C=O) groups excluding carboxylic acids is 1. The number of fused-ring (bicyclic) bond motifs is 1. The number of aromatic nitrogens is 3. The van der Waals surface area contributed by atoms with Gasteiger partial charge < -0.3 is 10.3 Å². The summed E-state index contributed by atoms with van der Waals surface area (Å²) < 4.78 is 0. The molecule has 0 bridgehead atoms. The third-order valence-electron chi connectivity index (χ3n) is 3.21. The lowest BCUT2D eigenvalue weighted by molar-refractivity contribution is -0.118. The lowest BCUT2D eigenvalue weighted by Crippen LogP contribution is -2.44. The lowest BCUT2D eigenvalue weighted by atomic mass is 10.0. The number of nitrogens with zero attached hydrogens (tertiary/aromatic N) is 2. The van der Waals surface area contributed by atoms with Crippen molar-refractivity contribution in [3.8, 4) is 0 Å². The van der Waals surface area contributed by atoms with Gasteiger partial charge in [-0.1, -0.05) is 6.07 Å². The van der Waals surface area contributed by atoms with Gasteiger partial charge >= 0.3 is 0 Å². The van der Waals surface area contributed by atoms with E-state index in [2.05, 4.69) is 25.6 Å². The highest BCUT2D eigenvalue weighted by Crippen LogP contribution is 2.13. The molecular weight excluding hydrogens is 242 g/mol. The summed E-state index contributed by atoms with van der Waals surface area (Å²) in [6, 6.07) is 3.46. The zero-order valence-electron chi connectivity index (χ0n) is 10.6. The molecule has 19 heavy (non-hydrogen) atoms. The van der Waals surface area contributed by atoms with Gasteiger partial charge in [-0.3, -0.25) is 10.1 Å². The first-order chi connectivity index (χ1) is 9.22. The fourth-order valence-electron chi connectivity index (χ4n) is 2.11. The normalized spacial score (nSPS) is 17.8. The quantitative estimate of drug-likeness (QED) is 0.742. The van der Waals surface area contributed by atoms with E-state index in [0.717, 1.165) is 17.0 Å². The summed E-state index contributed by atoms with van der Waals surface area (Å²) in [6.07, 6.45) is 3.99. The van der Waals surface area contributed by atoms with E-state index in [9.17, 15) is 4.79 Å². The summed E-state index contributed by atoms with van der Waals surface area (Å²) >= 11 is 0. The maximum absolute atomic E-state index is 12.1. The van der Waals surface area contributed by atoms with Crippen molar-refractivity contribution in [2.45, 2.75) is 25.9 Å². The van der Waals surface area contributed by atoms with Crippen LogP contribution < -0.4 is 10.6 Å². The Labute approximate surface area is 110 Å². The van der Waals surface area contributed by atoms with Crippen LogP contribution in [0.4, 0.5) is 5.82 Å². The Hall–Kier alpha value is -2.21. The number of imidazole rings is 1. The number of carbonyl (C=O) groups is 1. The first kappa shape index (κ1) is 11.9. The zero-order chi connectivity index (χ0) is 13.2. The second-order valence-corrected chi connectivity index (χ2v) is 4.68. The van der Waals surface area contributed by atoms with Crippen molar-refractivity contribution in [1.82, 2.24) is 20.3 Å². The Kier molecular flexibility index (Phi) is 3.00. The number of hydrogen-bond donors (Lipinski definition) is 3. The van der Waals surface area contributed by atoms with E-state index in [-0.39, 0.29) is 11.9 Å². The van der Waals surface area contributed by atoms with Crippen molar-refractivity contribution in [2.75, 3.05) is 5.32 Å². The van der Waals surface area contributed by atoms with Crippen LogP contribution in [0.5, 0.6) is 0 Å². The molecule has 1 unspecified atom stereocenters. The number of aryl methyl sites for hydroxylation is 1. The summed E-state index contributed by atoms with van der Waals surface area (Å²) in [5.41, 5.74) is 3.07. The van der Waals surface area contributed by atoms with Gasteiger partial charge in [0, 0.05) is 19.2 Å². The van der Waals surface area contributed by atoms with E-state index in [1.165, 1.54) is 0 Å². The largest absolute Gasteiger partial charge is 0.347 e. The van der Waals surface area contributed by atoms with Crippen LogP contribution in [0.3, 0.4) is 0 Å². The number of rotatable bonds is 2. The first-order valence-electron chi connectivity index (χ1n) is 6.20. The number of H-pyrrole nitrogens is 1. The van der Waals surface area contributed by atoms with Crippen LogP contribution in [0.15, 0.2) is 24.7 Å². The topological polar surface area (TPSA) is 82.7 Å². The average Bonchev–Trinajstić information content (AvgIpc) is 2.88. The van der Waals surface area contributed by atoms with E-state index >= 15 is 0 Å². The summed E-state index contributed by atoms with van der Waals surface area (Å²) in [6.45, 7) is 2.59. The van der Waals surface area contributed by atoms with Crippen LogP contribution in [0, 0.1) is 6.92 Å². The van der Waals surface area contributed by atoms with Crippen molar-refractivity contribution in [3.63, 3.8) is 0 Å². The van der Waals surface area contributed by atoms with Crippen LogP contribution in [0.1, 0.15) is 17.0 Å². The highest BCUT2D eigenvalue weighted by Gasteiger charge is 2.25. The minimum Gasteiger partial charge on any atom is -0.347 e. The summed E-state index contributed by atoms with van der Waals surface area (Å²) in [5.74, 6) is 0.496. The van der Waals surface area contributed by atoms with Gasteiger partial charge in [0.1, 0.15) is 5.82 Å². The van der Waals surface area contributed by atoms with Crippen molar-refractivity contribution in [3.05, 3.63) is 41.6 Å². The number of anilines is 1. The average molecular weight is 257 g/mol. The molecule has 1 aliphatic heterocycles. The van der Waals surface area contributed by atoms with Gasteiger partial charge in [0.25, 0.3) is 0 Å². The Morgan fingerprint density at radius 3 is 3.11 bits per heavy atom. The predicted molar refractivity (Wildman–Crippen MR) is 70.5 cm³/mol. The number of pyridine rings is 1. The third kappa shape index (κ3) is 2.48. The molecule has 1 aliphatic rings. The molecule has 0 fully saturated rings. The maximum atomic E-state index is 12.1. The fraction of sp³-hybridized carbons (Fsp3) is 0.308. The van der Waals surface area contributed by atoms with E-state index in [1.807, 2.05) is 13.0 Å². The van der Waals surface area contributed by atoms with E-state index in [0.29, 0.717) is 18.8 Å². The van der Waals surface area contributed by atoms with Crippen LogP contribution in [0.2, 0.25) is 0 Å². The molecule has 0 aliphatic carbocycles. The van der Waals surface area contributed by atoms with Crippen LogP contribution in [-0.2, 0) is 17.8 Å². The molecule has 3 rings (SSSR count).